The molecule has 1 aromatic rings. The van der Waals surface area contributed by atoms with Gasteiger partial charge in [-0.25, -0.2) is 8.42 Å². The molecule has 4 heteroatoms. The van der Waals surface area contributed by atoms with Gasteiger partial charge in [0.2, 0.25) is 0 Å². The quantitative estimate of drug-likeness (QED) is 0.694. The third-order valence-electron chi connectivity index (χ3n) is 1.75. The standard InChI is InChI=1S/C9H12O3S/c1-2-3-8-4-6-9(7-5-8)13(10,11)12/h4-7H,2-3H2,1H3,(H,10,11,12)/p-1. The lowest BCUT2D eigenvalue weighted by molar-refractivity contribution is 0.463. The average Bonchev–Trinajstić information content (AvgIpc) is 2.04. The zero-order chi connectivity index (χ0) is 9.90. The Bertz CT molecular complexity index is 364. The Morgan fingerprint density at radius 1 is 1.23 bits per heavy atom. The molecule has 72 valence electrons. The summed E-state index contributed by atoms with van der Waals surface area (Å²) >= 11 is 0. The van der Waals surface area contributed by atoms with Crippen LogP contribution in [0.2, 0.25) is 0 Å². The number of hydrogen-bond acceptors (Lipinski definition) is 3. The minimum Gasteiger partial charge on any atom is -0.744 e. The average molecular weight is 199 g/mol. The van der Waals surface area contributed by atoms with Crippen LogP contribution in [0.5, 0.6) is 0 Å². The first kappa shape index (κ1) is 10.2. The van der Waals surface area contributed by atoms with E-state index in [1.807, 2.05) is 6.92 Å². The molecule has 0 unspecified atom stereocenters. The van der Waals surface area contributed by atoms with E-state index in [1.165, 1.54) is 12.1 Å². The van der Waals surface area contributed by atoms with Gasteiger partial charge in [0.05, 0.1) is 4.90 Å². The number of aryl methyl sites for hydroxylation is 1. The van der Waals surface area contributed by atoms with E-state index in [4.69, 9.17) is 0 Å². The van der Waals surface area contributed by atoms with Crippen LogP contribution in [0.4, 0.5) is 0 Å². The maximum absolute atomic E-state index is 10.5. The van der Waals surface area contributed by atoms with Crippen molar-refractivity contribution in [3.63, 3.8) is 0 Å². The fourth-order valence-electron chi connectivity index (χ4n) is 1.11. The van der Waals surface area contributed by atoms with Gasteiger partial charge in [-0.05, 0) is 24.1 Å². The molecule has 0 amide bonds. The third kappa shape index (κ3) is 2.82. The first-order valence-electron chi connectivity index (χ1n) is 4.09. The second kappa shape index (κ2) is 3.89. The van der Waals surface area contributed by atoms with E-state index >= 15 is 0 Å². The molecule has 0 atom stereocenters. The van der Waals surface area contributed by atoms with Gasteiger partial charge in [-0.1, -0.05) is 25.5 Å². The van der Waals surface area contributed by atoms with Crippen LogP contribution in [0.1, 0.15) is 18.9 Å². The summed E-state index contributed by atoms with van der Waals surface area (Å²) in [6.45, 7) is 2.04. The van der Waals surface area contributed by atoms with Crippen molar-refractivity contribution in [2.75, 3.05) is 0 Å². The van der Waals surface area contributed by atoms with E-state index in [2.05, 4.69) is 0 Å². The topological polar surface area (TPSA) is 57.2 Å². The van der Waals surface area contributed by atoms with Crippen molar-refractivity contribution in [2.45, 2.75) is 24.7 Å². The molecular weight excluding hydrogens is 188 g/mol. The van der Waals surface area contributed by atoms with E-state index in [9.17, 15) is 13.0 Å². The molecule has 0 saturated carbocycles. The molecule has 0 aliphatic rings. The largest absolute Gasteiger partial charge is 0.744 e. The van der Waals surface area contributed by atoms with Crippen molar-refractivity contribution in [3.8, 4) is 0 Å². The SMILES string of the molecule is CCCc1ccc(S(=O)(=O)[O-])cc1. The lowest BCUT2D eigenvalue weighted by atomic mass is 10.1. The molecule has 0 spiro atoms. The maximum Gasteiger partial charge on any atom is 0.124 e. The van der Waals surface area contributed by atoms with Gasteiger partial charge >= 0.3 is 0 Å². The van der Waals surface area contributed by atoms with Gasteiger partial charge in [0, 0.05) is 0 Å². The molecular formula is C9H11O3S-. The molecule has 1 aromatic carbocycles. The van der Waals surface area contributed by atoms with Crippen LogP contribution in [-0.4, -0.2) is 13.0 Å². The summed E-state index contributed by atoms with van der Waals surface area (Å²) in [6, 6.07) is 6.06. The van der Waals surface area contributed by atoms with Gasteiger partial charge in [0.25, 0.3) is 0 Å². The Hall–Kier alpha value is -0.870. The Kier molecular flexibility index (Phi) is 3.06. The lowest BCUT2D eigenvalue weighted by Gasteiger charge is -2.07. The molecule has 0 aliphatic carbocycles. The van der Waals surface area contributed by atoms with Gasteiger partial charge < -0.3 is 4.55 Å². The van der Waals surface area contributed by atoms with Crippen LogP contribution in [0, 0.1) is 0 Å². The molecule has 13 heavy (non-hydrogen) atoms. The molecule has 0 bridgehead atoms. The first-order valence-corrected chi connectivity index (χ1v) is 5.49. The van der Waals surface area contributed by atoms with E-state index in [0.717, 1.165) is 18.4 Å². The highest BCUT2D eigenvalue weighted by atomic mass is 32.2. The van der Waals surface area contributed by atoms with Gasteiger partial charge in [0.1, 0.15) is 10.1 Å². The molecule has 1 rings (SSSR count). The van der Waals surface area contributed by atoms with Crippen molar-refractivity contribution >= 4 is 10.1 Å². The lowest BCUT2D eigenvalue weighted by Crippen LogP contribution is -1.98. The van der Waals surface area contributed by atoms with Gasteiger partial charge in [0.15, 0.2) is 0 Å². The van der Waals surface area contributed by atoms with E-state index in [1.54, 1.807) is 12.1 Å². The molecule has 0 fully saturated rings. The molecule has 0 aliphatic heterocycles. The predicted octanol–water partition coefficient (Wildman–Crippen LogP) is 1.54. The monoisotopic (exact) mass is 199 g/mol. The summed E-state index contributed by atoms with van der Waals surface area (Å²) in [5, 5.41) is 0. The molecule has 0 saturated heterocycles. The first-order chi connectivity index (χ1) is 6.04. The Morgan fingerprint density at radius 2 is 1.77 bits per heavy atom. The highest BCUT2D eigenvalue weighted by Crippen LogP contribution is 2.10. The van der Waals surface area contributed by atoms with E-state index < -0.39 is 10.1 Å². The summed E-state index contributed by atoms with van der Waals surface area (Å²) in [5.74, 6) is 0. The van der Waals surface area contributed by atoms with Crippen LogP contribution in [0.3, 0.4) is 0 Å². The maximum atomic E-state index is 10.5. The second-order valence-electron chi connectivity index (χ2n) is 2.85. The normalized spacial score (nSPS) is 11.5. The summed E-state index contributed by atoms with van der Waals surface area (Å²) in [6.07, 6.45) is 1.91. The predicted molar refractivity (Wildman–Crippen MR) is 48.4 cm³/mol. The van der Waals surface area contributed by atoms with Crippen molar-refractivity contribution in [2.24, 2.45) is 0 Å². The van der Waals surface area contributed by atoms with Crippen LogP contribution in [0.15, 0.2) is 29.2 Å². The van der Waals surface area contributed by atoms with Crippen LogP contribution >= 0.6 is 0 Å². The van der Waals surface area contributed by atoms with Crippen molar-refractivity contribution in [1.82, 2.24) is 0 Å². The second-order valence-corrected chi connectivity index (χ2v) is 4.23. The Labute approximate surface area is 78.2 Å². The highest BCUT2D eigenvalue weighted by molar-refractivity contribution is 7.85. The minimum absolute atomic E-state index is 0.160. The zero-order valence-corrected chi connectivity index (χ0v) is 8.17. The third-order valence-corrected chi connectivity index (χ3v) is 2.60. The summed E-state index contributed by atoms with van der Waals surface area (Å²) in [4.78, 5) is -0.160. The van der Waals surface area contributed by atoms with Gasteiger partial charge in [-0.3, -0.25) is 0 Å². The number of benzene rings is 1. The smallest absolute Gasteiger partial charge is 0.124 e. The van der Waals surface area contributed by atoms with Crippen LogP contribution < -0.4 is 0 Å². The van der Waals surface area contributed by atoms with Gasteiger partial charge in [-0.2, -0.15) is 0 Å². The highest BCUT2D eigenvalue weighted by Gasteiger charge is 1.99. The Morgan fingerprint density at radius 3 is 2.15 bits per heavy atom. The van der Waals surface area contributed by atoms with Crippen molar-refractivity contribution in [3.05, 3.63) is 29.8 Å². The van der Waals surface area contributed by atoms with Crippen LogP contribution in [0.25, 0.3) is 0 Å². The van der Waals surface area contributed by atoms with Crippen molar-refractivity contribution in [1.29, 1.82) is 0 Å². The molecule has 3 nitrogen and oxygen atoms in total. The molecule has 0 N–H and O–H groups in total. The summed E-state index contributed by atoms with van der Waals surface area (Å²) in [5.41, 5.74) is 1.05. The number of rotatable bonds is 3. The Balaban J connectivity index is 2.94. The van der Waals surface area contributed by atoms with Crippen LogP contribution in [-0.2, 0) is 16.5 Å². The fraction of sp³-hybridized carbons (Fsp3) is 0.333. The fourth-order valence-corrected chi connectivity index (χ4v) is 1.58. The molecule has 0 aromatic heterocycles. The summed E-state index contributed by atoms with van der Waals surface area (Å²) < 4.78 is 31.6. The van der Waals surface area contributed by atoms with E-state index in [0.29, 0.717) is 0 Å². The molecule has 0 heterocycles. The summed E-state index contributed by atoms with van der Waals surface area (Å²) in [7, 11) is -4.28. The van der Waals surface area contributed by atoms with E-state index in [-0.39, 0.29) is 4.90 Å². The molecule has 0 radical (unpaired) electrons. The number of hydrogen-bond donors (Lipinski definition) is 0. The zero-order valence-electron chi connectivity index (χ0n) is 7.36. The van der Waals surface area contributed by atoms with Gasteiger partial charge in [-0.15, -0.1) is 0 Å². The minimum atomic E-state index is -4.28. The van der Waals surface area contributed by atoms with Crippen molar-refractivity contribution < 1.29 is 13.0 Å².